The lowest BCUT2D eigenvalue weighted by atomic mass is 10.1. The number of piperazine rings is 1. The predicted molar refractivity (Wildman–Crippen MR) is 111 cm³/mol. The van der Waals surface area contributed by atoms with Gasteiger partial charge in [0.1, 0.15) is 0 Å². The van der Waals surface area contributed by atoms with Gasteiger partial charge in [0.05, 0.1) is 16.2 Å². The van der Waals surface area contributed by atoms with Crippen molar-refractivity contribution in [2.24, 2.45) is 0 Å². The van der Waals surface area contributed by atoms with E-state index in [1.807, 2.05) is 13.0 Å². The summed E-state index contributed by atoms with van der Waals surface area (Å²) in [6, 6.07) is 14.9. The summed E-state index contributed by atoms with van der Waals surface area (Å²) in [6.07, 6.45) is 0.530. The summed E-state index contributed by atoms with van der Waals surface area (Å²) in [5, 5.41) is 0. The molecule has 0 unspecified atom stereocenters. The standard InChI is InChI=1S/C22H28N2O3S/c1-3-16-28(26,27)21-11-7-6-10-20(21)22(25)24-14-12-23(13-15-24)17-19-9-5-4-8-18(19)2/h4-11H,3,12-17H2,1-2H3. The SMILES string of the molecule is CCCS(=O)(=O)c1ccccc1C(=O)N1CCN(Cc2ccccc2C)CC1. The molecular formula is C22H28N2O3S. The average Bonchev–Trinajstić information content (AvgIpc) is 2.70. The minimum atomic E-state index is -3.44. The molecule has 2 aromatic carbocycles. The largest absolute Gasteiger partial charge is 0.336 e. The summed E-state index contributed by atoms with van der Waals surface area (Å²) in [6.45, 7) is 7.59. The maximum atomic E-state index is 13.0. The lowest BCUT2D eigenvalue weighted by Gasteiger charge is -2.35. The number of hydrogen-bond donors (Lipinski definition) is 0. The van der Waals surface area contributed by atoms with E-state index in [0.29, 0.717) is 25.1 Å². The topological polar surface area (TPSA) is 57.7 Å². The fraction of sp³-hybridized carbons (Fsp3) is 0.409. The first kappa shape index (κ1) is 20.6. The third kappa shape index (κ3) is 4.62. The Morgan fingerprint density at radius 1 is 0.964 bits per heavy atom. The number of benzene rings is 2. The molecule has 0 bridgehead atoms. The van der Waals surface area contributed by atoms with Crippen LogP contribution in [0.4, 0.5) is 0 Å². The Labute approximate surface area is 167 Å². The first-order valence-electron chi connectivity index (χ1n) is 9.80. The van der Waals surface area contributed by atoms with Crippen molar-refractivity contribution in [3.8, 4) is 0 Å². The maximum Gasteiger partial charge on any atom is 0.255 e. The molecule has 2 aromatic rings. The molecule has 150 valence electrons. The Balaban J connectivity index is 1.69. The average molecular weight is 401 g/mol. The summed E-state index contributed by atoms with van der Waals surface area (Å²) < 4.78 is 25.1. The molecule has 0 aromatic heterocycles. The zero-order valence-electron chi connectivity index (χ0n) is 16.6. The summed E-state index contributed by atoms with van der Waals surface area (Å²) in [5.41, 5.74) is 2.87. The zero-order chi connectivity index (χ0) is 20.1. The van der Waals surface area contributed by atoms with Crippen LogP contribution in [-0.4, -0.2) is 56.1 Å². The van der Waals surface area contributed by atoms with E-state index in [0.717, 1.165) is 19.6 Å². The first-order chi connectivity index (χ1) is 13.4. The smallest absolute Gasteiger partial charge is 0.255 e. The molecule has 6 heteroatoms. The lowest BCUT2D eigenvalue weighted by molar-refractivity contribution is 0.0624. The van der Waals surface area contributed by atoms with Gasteiger partial charge in [-0.05, 0) is 36.6 Å². The fourth-order valence-corrected chi connectivity index (χ4v) is 5.13. The van der Waals surface area contributed by atoms with Crippen molar-refractivity contribution in [3.63, 3.8) is 0 Å². The number of aryl methyl sites for hydroxylation is 1. The van der Waals surface area contributed by atoms with Crippen LogP contribution in [0.3, 0.4) is 0 Å². The molecule has 1 heterocycles. The van der Waals surface area contributed by atoms with Gasteiger partial charge >= 0.3 is 0 Å². The van der Waals surface area contributed by atoms with E-state index in [1.54, 1.807) is 29.2 Å². The highest BCUT2D eigenvalue weighted by molar-refractivity contribution is 7.91. The van der Waals surface area contributed by atoms with Crippen molar-refractivity contribution in [2.45, 2.75) is 31.7 Å². The van der Waals surface area contributed by atoms with E-state index in [1.165, 1.54) is 11.1 Å². The number of carbonyl (C=O) groups is 1. The summed E-state index contributed by atoms with van der Waals surface area (Å²) in [4.78, 5) is 17.3. The zero-order valence-corrected chi connectivity index (χ0v) is 17.4. The molecule has 1 saturated heterocycles. The van der Waals surface area contributed by atoms with Gasteiger partial charge in [-0.1, -0.05) is 43.3 Å². The minimum Gasteiger partial charge on any atom is -0.336 e. The molecule has 1 fully saturated rings. The van der Waals surface area contributed by atoms with E-state index in [9.17, 15) is 13.2 Å². The van der Waals surface area contributed by atoms with E-state index < -0.39 is 9.84 Å². The second-order valence-electron chi connectivity index (χ2n) is 7.31. The summed E-state index contributed by atoms with van der Waals surface area (Å²) >= 11 is 0. The van der Waals surface area contributed by atoms with Gasteiger partial charge in [-0.25, -0.2) is 8.42 Å². The van der Waals surface area contributed by atoms with Crippen LogP contribution in [0.25, 0.3) is 0 Å². The van der Waals surface area contributed by atoms with Crippen LogP contribution < -0.4 is 0 Å². The second kappa shape index (κ2) is 8.88. The van der Waals surface area contributed by atoms with Gasteiger partial charge in [-0.15, -0.1) is 0 Å². The molecule has 28 heavy (non-hydrogen) atoms. The van der Waals surface area contributed by atoms with E-state index in [-0.39, 0.29) is 16.6 Å². The lowest BCUT2D eigenvalue weighted by Crippen LogP contribution is -2.48. The summed E-state index contributed by atoms with van der Waals surface area (Å²) in [5.74, 6) is -0.132. The highest BCUT2D eigenvalue weighted by Gasteiger charge is 2.27. The van der Waals surface area contributed by atoms with Crippen LogP contribution in [0.5, 0.6) is 0 Å². The number of sulfone groups is 1. The Bertz CT molecular complexity index is 932. The summed E-state index contributed by atoms with van der Waals surface area (Å²) in [7, 11) is -3.44. The van der Waals surface area contributed by atoms with Gasteiger partial charge in [-0.3, -0.25) is 9.69 Å². The van der Waals surface area contributed by atoms with Crippen molar-refractivity contribution in [1.29, 1.82) is 0 Å². The monoisotopic (exact) mass is 400 g/mol. The molecule has 0 aliphatic carbocycles. The predicted octanol–water partition coefficient (Wildman–Crippen LogP) is 3.14. The van der Waals surface area contributed by atoms with Crippen molar-refractivity contribution in [3.05, 3.63) is 65.2 Å². The van der Waals surface area contributed by atoms with Gasteiger partial charge in [0.15, 0.2) is 9.84 Å². The van der Waals surface area contributed by atoms with Gasteiger partial charge in [0.25, 0.3) is 5.91 Å². The first-order valence-corrected chi connectivity index (χ1v) is 11.5. The molecule has 1 aliphatic heterocycles. The van der Waals surface area contributed by atoms with Crippen LogP contribution in [0.1, 0.15) is 34.8 Å². The van der Waals surface area contributed by atoms with Crippen LogP contribution in [0, 0.1) is 6.92 Å². The van der Waals surface area contributed by atoms with Gasteiger partial charge in [0, 0.05) is 32.7 Å². The maximum absolute atomic E-state index is 13.0. The van der Waals surface area contributed by atoms with Crippen LogP contribution >= 0.6 is 0 Å². The minimum absolute atomic E-state index is 0.0570. The van der Waals surface area contributed by atoms with Gasteiger partial charge in [0.2, 0.25) is 0 Å². The van der Waals surface area contributed by atoms with Crippen molar-refractivity contribution in [1.82, 2.24) is 9.80 Å². The van der Waals surface area contributed by atoms with Gasteiger partial charge in [-0.2, -0.15) is 0 Å². The molecule has 1 aliphatic rings. The Kier molecular flexibility index (Phi) is 6.52. The highest BCUT2D eigenvalue weighted by atomic mass is 32.2. The number of carbonyl (C=O) groups excluding carboxylic acids is 1. The van der Waals surface area contributed by atoms with Crippen LogP contribution in [-0.2, 0) is 16.4 Å². The quantitative estimate of drug-likeness (QED) is 0.748. The highest BCUT2D eigenvalue weighted by Crippen LogP contribution is 2.21. The number of hydrogen-bond acceptors (Lipinski definition) is 4. The van der Waals surface area contributed by atoms with E-state index >= 15 is 0 Å². The van der Waals surface area contributed by atoms with Crippen molar-refractivity contribution >= 4 is 15.7 Å². The van der Waals surface area contributed by atoms with Crippen molar-refractivity contribution in [2.75, 3.05) is 31.9 Å². The number of amides is 1. The molecule has 0 atom stereocenters. The third-order valence-corrected chi connectivity index (χ3v) is 7.21. The van der Waals surface area contributed by atoms with Crippen LogP contribution in [0.15, 0.2) is 53.4 Å². The van der Waals surface area contributed by atoms with Gasteiger partial charge < -0.3 is 4.90 Å². The van der Waals surface area contributed by atoms with Crippen LogP contribution in [0.2, 0.25) is 0 Å². The molecule has 0 saturated carbocycles. The molecule has 0 radical (unpaired) electrons. The fourth-order valence-electron chi connectivity index (χ4n) is 3.60. The molecule has 0 spiro atoms. The molecular weight excluding hydrogens is 372 g/mol. The van der Waals surface area contributed by atoms with Crippen molar-refractivity contribution < 1.29 is 13.2 Å². The molecule has 1 amide bonds. The third-order valence-electron chi connectivity index (χ3n) is 5.24. The molecule has 0 N–H and O–H groups in total. The van der Waals surface area contributed by atoms with E-state index in [4.69, 9.17) is 0 Å². The normalized spacial score (nSPS) is 15.6. The molecule has 5 nitrogen and oxygen atoms in total. The number of rotatable bonds is 6. The Morgan fingerprint density at radius 2 is 1.61 bits per heavy atom. The molecule has 3 rings (SSSR count). The Morgan fingerprint density at radius 3 is 2.29 bits per heavy atom. The second-order valence-corrected chi connectivity index (χ2v) is 9.39. The Hall–Kier alpha value is -2.18. The van der Waals surface area contributed by atoms with E-state index in [2.05, 4.69) is 30.0 Å². The number of nitrogens with zero attached hydrogens (tertiary/aromatic N) is 2.